The van der Waals surface area contributed by atoms with Crippen LogP contribution in [0, 0.1) is 5.82 Å². The van der Waals surface area contributed by atoms with Crippen LogP contribution in [0.1, 0.15) is 10.4 Å². The molecule has 0 aliphatic rings. The van der Waals surface area contributed by atoms with Crippen molar-refractivity contribution in [1.29, 1.82) is 0 Å². The van der Waals surface area contributed by atoms with Crippen molar-refractivity contribution in [1.82, 2.24) is 5.32 Å². The molecule has 0 heterocycles. The minimum absolute atomic E-state index is 0.107. The fourth-order valence-corrected chi connectivity index (χ4v) is 2.55. The van der Waals surface area contributed by atoms with Crippen molar-refractivity contribution in [2.24, 2.45) is 0 Å². The number of benzene rings is 3. The smallest absolute Gasteiger partial charge is 0.257 e. The van der Waals surface area contributed by atoms with Gasteiger partial charge in [0, 0.05) is 16.3 Å². The molecule has 0 saturated heterocycles. The molecule has 136 valence electrons. The van der Waals surface area contributed by atoms with E-state index in [0.717, 1.165) is 6.07 Å². The van der Waals surface area contributed by atoms with Crippen LogP contribution in [0.15, 0.2) is 72.8 Å². The summed E-state index contributed by atoms with van der Waals surface area (Å²) in [7, 11) is 0. The predicted octanol–water partition coefficient (Wildman–Crippen LogP) is 5.40. The van der Waals surface area contributed by atoms with E-state index in [1.54, 1.807) is 48.5 Å². The van der Waals surface area contributed by atoms with Crippen LogP contribution in [-0.2, 0) is 0 Å². The third-order valence-corrected chi connectivity index (χ3v) is 3.93. The third kappa shape index (κ3) is 5.51. The molecule has 0 spiro atoms. The zero-order chi connectivity index (χ0) is 19.2. The molecule has 0 saturated carbocycles. The molecule has 3 aromatic rings. The maximum Gasteiger partial charge on any atom is 0.257 e. The Morgan fingerprint density at radius 3 is 2.22 bits per heavy atom. The number of amides is 1. The Hall–Kier alpha value is -2.96. The minimum atomic E-state index is -0.491. The highest BCUT2D eigenvalue weighted by Crippen LogP contribution is 2.24. The van der Waals surface area contributed by atoms with Crippen molar-refractivity contribution in [2.75, 3.05) is 5.32 Å². The van der Waals surface area contributed by atoms with E-state index < -0.39 is 11.7 Å². The molecule has 3 rings (SSSR count). The molecule has 27 heavy (non-hydrogen) atoms. The first-order chi connectivity index (χ1) is 13.0. The lowest BCUT2D eigenvalue weighted by molar-refractivity contribution is 0.0977. The Bertz CT molecular complexity index is 962. The number of rotatable bonds is 4. The van der Waals surface area contributed by atoms with Gasteiger partial charge in [-0.05, 0) is 78.9 Å². The second-order valence-electron chi connectivity index (χ2n) is 5.50. The molecule has 3 aromatic carbocycles. The molecule has 0 fully saturated rings. The van der Waals surface area contributed by atoms with Gasteiger partial charge in [-0.1, -0.05) is 17.7 Å². The first kappa shape index (κ1) is 18.8. The number of carbonyl (C=O) groups is 1. The van der Waals surface area contributed by atoms with Gasteiger partial charge in [-0.25, -0.2) is 4.39 Å². The van der Waals surface area contributed by atoms with E-state index in [0.29, 0.717) is 22.2 Å². The van der Waals surface area contributed by atoms with Crippen LogP contribution in [-0.4, -0.2) is 11.0 Å². The number of hydrogen-bond donors (Lipinski definition) is 2. The molecule has 0 aromatic heterocycles. The summed E-state index contributed by atoms with van der Waals surface area (Å²) in [5.41, 5.74) is 0.855. The summed E-state index contributed by atoms with van der Waals surface area (Å²) in [4.78, 5) is 12.0. The van der Waals surface area contributed by atoms with Gasteiger partial charge < -0.3 is 10.1 Å². The molecule has 0 atom stereocenters. The van der Waals surface area contributed by atoms with Gasteiger partial charge >= 0.3 is 0 Å². The number of nitrogens with one attached hydrogen (secondary N) is 2. The summed E-state index contributed by atoms with van der Waals surface area (Å²) in [5, 5.41) is 6.13. The lowest BCUT2D eigenvalue weighted by Gasteiger charge is -2.11. The highest BCUT2D eigenvalue weighted by Gasteiger charge is 2.09. The van der Waals surface area contributed by atoms with Gasteiger partial charge in [0.15, 0.2) is 5.11 Å². The van der Waals surface area contributed by atoms with E-state index in [2.05, 4.69) is 10.6 Å². The number of carbonyl (C=O) groups excluding carboxylic acids is 1. The van der Waals surface area contributed by atoms with Crippen LogP contribution in [0.2, 0.25) is 5.02 Å². The van der Waals surface area contributed by atoms with Crippen molar-refractivity contribution >= 4 is 40.5 Å². The molecule has 0 unspecified atom stereocenters. The number of anilines is 1. The molecule has 0 aliphatic carbocycles. The molecule has 0 bridgehead atoms. The molecular formula is C20H14ClFN2O2S. The Labute approximate surface area is 165 Å². The van der Waals surface area contributed by atoms with Crippen LogP contribution in [0.25, 0.3) is 0 Å². The predicted molar refractivity (Wildman–Crippen MR) is 108 cm³/mol. The van der Waals surface area contributed by atoms with Crippen molar-refractivity contribution in [2.45, 2.75) is 0 Å². The van der Waals surface area contributed by atoms with Crippen LogP contribution in [0.4, 0.5) is 10.1 Å². The largest absolute Gasteiger partial charge is 0.457 e. The van der Waals surface area contributed by atoms with Crippen molar-refractivity contribution in [3.8, 4) is 11.5 Å². The Morgan fingerprint density at radius 1 is 0.963 bits per heavy atom. The van der Waals surface area contributed by atoms with Gasteiger partial charge in [-0.3, -0.25) is 10.1 Å². The molecule has 0 radical (unpaired) electrons. The second-order valence-corrected chi connectivity index (χ2v) is 6.34. The van der Waals surface area contributed by atoms with Gasteiger partial charge in [0.1, 0.15) is 17.3 Å². The Kier molecular flexibility index (Phi) is 6.01. The molecule has 2 N–H and O–H groups in total. The van der Waals surface area contributed by atoms with E-state index in [4.69, 9.17) is 28.6 Å². The minimum Gasteiger partial charge on any atom is -0.457 e. The summed E-state index contributed by atoms with van der Waals surface area (Å²) in [6.07, 6.45) is 0. The lowest BCUT2D eigenvalue weighted by atomic mass is 10.2. The van der Waals surface area contributed by atoms with Crippen LogP contribution >= 0.6 is 23.8 Å². The van der Waals surface area contributed by atoms with E-state index in [-0.39, 0.29) is 10.7 Å². The number of ether oxygens (including phenoxy) is 1. The van der Waals surface area contributed by atoms with Crippen molar-refractivity contribution in [3.63, 3.8) is 0 Å². The molecule has 4 nitrogen and oxygen atoms in total. The summed E-state index contributed by atoms with van der Waals surface area (Å²) in [6.45, 7) is 0. The highest BCUT2D eigenvalue weighted by atomic mass is 35.5. The monoisotopic (exact) mass is 400 g/mol. The fourth-order valence-electron chi connectivity index (χ4n) is 2.21. The maximum absolute atomic E-state index is 13.2. The van der Waals surface area contributed by atoms with Crippen LogP contribution < -0.4 is 15.4 Å². The Balaban J connectivity index is 1.56. The summed E-state index contributed by atoms with van der Waals surface area (Å²) in [6, 6.07) is 19.4. The molecule has 7 heteroatoms. The fraction of sp³-hybridized carbons (Fsp3) is 0. The van der Waals surface area contributed by atoms with Crippen molar-refractivity contribution < 1.29 is 13.9 Å². The van der Waals surface area contributed by atoms with Crippen molar-refractivity contribution in [3.05, 3.63) is 89.2 Å². The highest BCUT2D eigenvalue weighted by molar-refractivity contribution is 7.80. The van der Waals surface area contributed by atoms with Gasteiger partial charge in [-0.2, -0.15) is 0 Å². The molecule has 1 amide bonds. The molecular weight excluding hydrogens is 387 g/mol. The first-order valence-electron chi connectivity index (χ1n) is 7.91. The SMILES string of the molecule is O=C(NC(=S)Nc1ccc(Oc2ccc(Cl)cc2)cc1)c1cccc(F)c1. The second kappa shape index (κ2) is 8.62. The number of hydrogen-bond acceptors (Lipinski definition) is 3. The average Bonchev–Trinajstić information content (AvgIpc) is 2.65. The van der Waals surface area contributed by atoms with E-state index >= 15 is 0 Å². The van der Waals surface area contributed by atoms with Gasteiger partial charge in [0.05, 0.1) is 0 Å². The summed E-state index contributed by atoms with van der Waals surface area (Å²) in [5.74, 6) is 0.322. The zero-order valence-electron chi connectivity index (χ0n) is 13.9. The topological polar surface area (TPSA) is 50.4 Å². The van der Waals surface area contributed by atoms with Gasteiger partial charge in [0.25, 0.3) is 5.91 Å². The van der Waals surface area contributed by atoms with E-state index in [1.807, 2.05) is 0 Å². The maximum atomic E-state index is 13.2. The van der Waals surface area contributed by atoms with Crippen LogP contribution in [0.3, 0.4) is 0 Å². The number of halogens is 2. The average molecular weight is 401 g/mol. The van der Waals surface area contributed by atoms with Crippen LogP contribution in [0.5, 0.6) is 11.5 Å². The van der Waals surface area contributed by atoms with E-state index in [9.17, 15) is 9.18 Å². The third-order valence-electron chi connectivity index (χ3n) is 3.48. The molecule has 0 aliphatic heterocycles. The van der Waals surface area contributed by atoms with E-state index in [1.165, 1.54) is 18.2 Å². The first-order valence-corrected chi connectivity index (χ1v) is 8.69. The summed E-state index contributed by atoms with van der Waals surface area (Å²) < 4.78 is 18.9. The number of thiocarbonyl (C=S) groups is 1. The lowest BCUT2D eigenvalue weighted by Crippen LogP contribution is -2.34. The normalized spacial score (nSPS) is 10.1. The van der Waals surface area contributed by atoms with Gasteiger partial charge in [0.2, 0.25) is 0 Å². The standard InChI is InChI=1S/C20H14ClFN2O2S/c21-14-4-8-17(9-5-14)26-18-10-6-16(7-11-18)23-20(27)24-19(25)13-2-1-3-15(22)12-13/h1-12H,(H2,23,24,25,27). The zero-order valence-corrected chi connectivity index (χ0v) is 15.5. The summed E-state index contributed by atoms with van der Waals surface area (Å²) >= 11 is 11.0. The Morgan fingerprint density at radius 2 is 1.59 bits per heavy atom. The van der Waals surface area contributed by atoms with Gasteiger partial charge in [-0.15, -0.1) is 0 Å². The quantitative estimate of drug-likeness (QED) is 0.576.